The normalized spacial score (nSPS) is 21.1. The highest BCUT2D eigenvalue weighted by Gasteiger charge is 2.45. The van der Waals surface area contributed by atoms with Crippen molar-refractivity contribution in [2.75, 3.05) is 39.3 Å². The van der Waals surface area contributed by atoms with Gasteiger partial charge in [-0.15, -0.1) is 0 Å². The molecule has 4 saturated heterocycles. The van der Waals surface area contributed by atoms with Crippen LogP contribution in [0.15, 0.2) is 91.3 Å². The first-order valence-electron chi connectivity index (χ1n) is 23.1. The van der Waals surface area contributed by atoms with E-state index in [0.29, 0.717) is 32.5 Å². The van der Waals surface area contributed by atoms with Crippen molar-refractivity contribution in [2.24, 2.45) is 5.41 Å². The van der Waals surface area contributed by atoms with Crippen molar-refractivity contribution in [3.63, 3.8) is 0 Å². The molecule has 9 rings (SSSR count). The molecule has 330 valence electrons. The lowest BCUT2D eigenvalue weighted by atomic mass is 9.79. The maximum absolute atomic E-state index is 14.4. The third-order valence-corrected chi connectivity index (χ3v) is 13.7. The van der Waals surface area contributed by atoms with Crippen LogP contribution in [0.4, 0.5) is 4.79 Å². The number of piperidine rings is 2. The van der Waals surface area contributed by atoms with Crippen LogP contribution in [-0.4, -0.2) is 102 Å². The van der Waals surface area contributed by atoms with Gasteiger partial charge in [0.25, 0.3) is 0 Å². The maximum atomic E-state index is 14.4. The Morgan fingerprint density at radius 1 is 0.651 bits per heavy atom. The first-order chi connectivity index (χ1) is 30.4. The Bertz CT molecular complexity index is 2370. The lowest BCUT2D eigenvalue weighted by Crippen LogP contribution is -2.50. The van der Waals surface area contributed by atoms with Crippen LogP contribution in [0, 0.1) is 5.41 Å². The highest BCUT2D eigenvalue weighted by atomic mass is 16.6. The van der Waals surface area contributed by atoms with E-state index in [4.69, 9.17) is 14.7 Å². The number of amides is 3. The van der Waals surface area contributed by atoms with Gasteiger partial charge in [-0.2, -0.15) is 0 Å². The average Bonchev–Trinajstić information content (AvgIpc) is 4.14. The molecule has 6 heterocycles. The Hall–Kier alpha value is -5.75. The Balaban J connectivity index is 0.829. The molecule has 1 unspecified atom stereocenters. The minimum Gasteiger partial charge on any atom is -0.444 e. The number of nitrogens with zero attached hydrogens (tertiary/aromatic N) is 6. The van der Waals surface area contributed by atoms with Crippen LogP contribution in [0.3, 0.4) is 0 Å². The summed E-state index contributed by atoms with van der Waals surface area (Å²) in [5.74, 6) is 1.98. The highest BCUT2D eigenvalue weighted by molar-refractivity contribution is 5.84. The van der Waals surface area contributed by atoms with E-state index in [-0.39, 0.29) is 36.0 Å². The molecule has 3 atom stereocenters. The molecule has 3 aromatic carbocycles. The third kappa shape index (κ3) is 9.05. The van der Waals surface area contributed by atoms with Crippen molar-refractivity contribution in [2.45, 2.75) is 109 Å². The molecule has 12 heteroatoms. The number of aromatic nitrogens is 4. The van der Waals surface area contributed by atoms with Gasteiger partial charge in [0, 0.05) is 31.6 Å². The summed E-state index contributed by atoms with van der Waals surface area (Å²) >= 11 is 0. The number of aromatic amines is 2. The zero-order valence-corrected chi connectivity index (χ0v) is 37.3. The fraction of sp³-hybridized carbons (Fsp3) is 0.471. The van der Waals surface area contributed by atoms with Crippen molar-refractivity contribution < 1.29 is 19.1 Å². The van der Waals surface area contributed by atoms with Gasteiger partial charge in [0.2, 0.25) is 11.8 Å². The number of H-pyrrole nitrogens is 2. The summed E-state index contributed by atoms with van der Waals surface area (Å²) in [5.41, 5.74) is 6.14. The SMILES string of the molecule is CC(C)(C)OC(=O)N1CCC(C)(C(=O)N2CCC[C@H]2c2ncc(-c3ccc(-c4ccc(-c5cnc([C@@H]6CCCN6C(=O)C(c6ccccc6)N6CCCCC6)[nH]5)cc4)cc3)[nH]2)CC1. The first kappa shape index (κ1) is 42.5. The number of rotatable bonds is 9. The summed E-state index contributed by atoms with van der Waals surface area (Å²) in [6.45, 7) is 12.0. The molecule has 4 fully saturated rings. The molecule has 4 aliphatic rings. The van der Waals surface area contributed by atoms with E-state index in [2.05, 4.69) is 80.4 Å². The minimum atomic E-state index is -0.550. The predicted octanol–water partition coefficient (Wildman–Crippen LogP) is 9.73. The number of likely N-dealkylation sites (tertiary alicyclic amines) is 4. The molecule has 0 saturated carbocycles. The molecule has 5 aromatic rings. The topological polar surface area (TPSA) is 131 Å². The molecule has 12 nitrogen and oxygen atoms in total. The van der Waals surface area contributed by atoms with E-state index < -0.39 is 11.0 Å². The summed E-state index contributed by atoms with van der Waals surface area (Å²) in [6.07, 6.45) is 11.8. The second-order valence-corrected chi connectivity index (χ2v) is 19.3. The second kappa shape index (κ2) is 17.8. The van der Waals surface area contributed by atoms with Gasteiger partial charge in [-0.25, -0.2) is 14.8 Å². The van der Waals surface area contributed by atoms with Crippen molar-refractivity contribution in [3.05, 3.63) is 108 Å². The first-order valence-corrected chi connectivity index (χ1v) is 23.1. The van der Waals surface area contributed by atoms with Gasteiger partial charge in [-0.1, -0.05) is 92.2 Å². The van der Waals surface area contributed by atoms with Gasteiger partial charge < -0.3 is 29.4 Å². The van der Waals surface area contributed by atoms with E-state index in [1.54, 1.807) is 4.90 Å². The number of ether oxygens (including phenoxy) is 1. The van der Waals surface area contributed by atoms with Gasteiger partial charge >= 0.3 is 6.09 Å². The van der Waals surface area contributed by atoms with E-state index >= 15 is 0 Å². The molecule has 0 bridgehead atoms. The number of carbonyl (C=O) groups excluding carboxylic acids is 3. The number of nitrogens with one attached hydrogen (secondary N) is 2. The van der Waals surface area contributed by atoms with E-state index in [0.717, 1.165) is 109 Å². The molecule has 4 aliphatic heterocycles. The van der Waals surface area contributed by atoms with Gasteiger partial charge in [0.05, 0.1) is 35.9 Å². The van der Waals surface area contributed by atoms with Crippen LogP contribution in [0.5, 0.6) is 0 Å². The smallest absolute Gasteiger partial charge is 0.410 e. The number of benzene rings is 3. The zero-order valence-electron chi connectivity index (χ0n) is 37.3. The third-order valence-electron chi connectivity index (χ3n) is 13.7. The van der Waals surface area contributed by atoms with Crippen molar-refractivity contribution >= 4 is 17.9 Å². The molecule has 0 spiro atoms. The van der Waals surface area contributed by atoms with Gasteiger partial charge in [-0.3, -0.25) is 14.5 Å². The second-order valence-electron chi connectivity index (χ2n) is 19.3. The Morgan fingerprint density at radius 3 is 1.70 bits per heavy atom. The Kier molecular flexibility index (Phi) is 12.0. The number of hydrogen-bond acceptors (Lipinski definition) is 7. The Morgan fingerprint density at radius 2 is 1.16 bits per heavy atom. The van der Waals surface area contributed by atoms with E-state index in [9.17, 15) is 14.4 Å². The number of hydrogen-bond donors (Lipinski definition) is 2. The van der Waals surface area contributed by atoms with Crippen LogP contribution in [-0.2, 0) is 14.3 Å². The van der Waals surface area contributed by atoms with Crippen molar-refractivity contribution in [1.29, 1.82) is 0 Å². The number of imidazole rings is 2. The van der Waals surface area contributed by atoms with Gasteiger partial charge in [-0.05, 0) is 113 Å². The fourth-order valence-electron chi connectivity index (χ4n) is 10.1. The van der Waals surface area contributed by atoms with Gasteiger partial charge in [0.15, 0.2) is 0 Å². The summed E-state index contributed by atoms with van der Waals surface area (Å²) in [7, 11) is 0. The fourth-order valence-corrected chi connectivity index (χ4v) is 10.1. The lowest BCUT2D eigenvalue weighted by molar-refractivity contribution is -0.145. The van der Waals surface area contributed by atoms with E-state index in [1.807, 2.05) is 63.2 Å². The summed E-state index contributed by atoms with van der Waals surface area (Å²) in [6, 6.07) is 26.9. The zero-order chi connectivity index (χ0) is 43.7. The van der Waals surface area contributed by atoms with Crippen LogP contribution in [0.25, 0.3) is 33.6 Å². The molecule has 2 N–H and O–H groups in total. The van der Waals surface area contributed by atoms with Crippen LogP contribution >= 0.6 is 0 Å². The van der Waals surface area contributed by atoms with Crippen LogP contribution in [0.1, 0.15) is 121 Å². The standard InChI is InChI=1S/C51H62N8O4/c1-50(2,3)63-49(62)57-31-25-51(4,26-32-57)48(61)59-30-12-16-43(59)46-53-34-41(55-46)38-23-19-36(20-24-38)35-17-21-37(22-18-35)40-33-52-45(54-40)42-15-11-29-58(42)47(60)44(39-13-7-5-8-14-39)56-27-9-6-10-28-56/h5,7-8,13-14,17-24,33-34,42-44H,6,9-12,15-16,25-32H2,1-4H3,(H,52,54)(H,53,55)/t42-,43-,44?/m0/s1. The molecular weight excluding hydrogens is 789 g/mol. The Labute approximate surface area is 371 Å². The molecule has 3 amide bonds. The van der Waals surface area contributed by atoms with Crippen molar-refractivity contribution in [1.82, 2.24) is 39.5 Å². The largest absolute Gasteiger partial charge is 0.444 e. The monoisotopic (exact) mass is 850 g/mol. The van der Waals surface area contributed by atoms with Crippen LogP contribution in [0.2, 0.25) is 0 Å². The molecular formula is C51H62N8O4. The summed E-state index contributed by atoms with van der Waals surface area (Å²) in [4.78, 5) is 66.1. The molecule has 63 heavy (non-hydrogen) atoms. The molecule has 2 aromatic heterocycles. The molecule has 0 aliphatic carbocycles. The quantitative estimate of drug-likeness (QED) is 0.151. The minimum absolute atomic E-state index is 0.0731. The summed E-state index contributed by atoms with van der Waals surface area (Å²) in [5, 5.41) is 0. The predicted molar refractivity (Wildman–Crippen MR) is 244 cm³/mol. The van der Waals surface area contributed by atoms with E-state index in [1.165, 1.54) is 6.42 Å². The number of carbonyl (C=O) groups is 3. The van der Waals surface area contributed by atoms with Crippen LogP contribution < -0.4 is 0 Å². The highest BCUT2D eigenvalue weighted by Crippen LogP contribution is 2.41. The maximum Gasteiger partial charge on any atom is 0.410 e. The van der Waals surface area contributed by atoms with Crippen molar-refractivity contribution in [3.8, 4) is 33.6 Å². The molecule has 0 radical (unpaired) electrons. The lowest BCUT2D eigenvalue weighted by Gasteiger charge is -2.41. The summed E-state index contributed by atoms with van der Waals surface area (Å²) < 4.78 is 5.58. The van der Waals surface area contributed by atoms with Gasteiger partial charge in [0.1, 0.15) is 23.3 Å². The average molecular weight is 851 g/mol.